The van der Waals surface area contributed by atoms with E-state index in [1.165, 1.54) is 6.07 Å². The minimum absolute atomic E-state index is 0.0646. The fourth-order valence-electron chi connectivity index (χ4n) is 2.42. The first kappa shape index (κ1) is 14.8. The molecule has 118 valence electrons. The average molecular weight is 315 g/mol. The van der Waals surface area contributed by atoms with Crippen LogP contribution in [0.1, 0.15) is 15.9 Å². The molecule has 2 aromatic rings. The number of carbonyl (C=O) groups excluding carboxylic acids is 3. The molecule has 4 N–H and O–H groups in total. The summed E-state index contributed by atoms with van der Waals surface area (Å²) in [5.41, 5.74) is 12.2. The molecule has 2 heterocycles. The van der Waals surface area contributed by atoms with Crippen molar-refractivity contribution >= 4 is 28.7 Å². The number of benzene rings is 1. The van der Waals surface area contributed by atoms with E-state index in [0.717, 1.165) is 16.9 Å². The molecule has 0 bridgehead atoms. The van der Waals surface area contributed by atoms with Crippen molar-refractivity contribution in [1.29, 1.82) is 0 Å². The highest BCUT2D eigenvalue weighted by Crippen LogP contribution is 2.33. The van der Waals surface area contributed by atoms with E-state index in [0.29, 0.717) is 22.9 Å². The lowest BCUT2D eigenvalue weighted by Gasteiger charge is -2.11. The number of hydrogen-bond acceptors (Lipinski definition) is 6. The number of ether oxygens (including phenoxy) is 1. The second-order valence-electron chi connectivity index (χ2n) is 4.88. The largest absolute Gasteiger partial charge is 0.403 e. The van der Waals surface area contributed by atoms with Gasteiger partial charge in [-0.2, -0.15) is 0 Å². The van der Waals surface area contributed by atoms with Crippen molar-refractivity contribution in [3.63, 3.8) is 0 Å². The van der Waals surface area contributed by atoms with Crippen LogP contribution in [0.25, 0.3) is 10.9 Å². The molecule has 1 aromatic heterocycles. The van der Waals surface area contributed by atoms with Crippen molar-refractivity contribution in [3.05, 3.63) is 41.5 Å². The first-order valence-corrected chi connectivity index (χ1v) is 6.80. The Hall–Kier alpha value is -3.13. The number of carbonyl (C=O) groups is 3. The van der Waals surface area contributed by atoms with E-state index in [9.17, 15) is 14.4 Å². The number of primary amides is 1. The smallest absolute Gasteiger partial charge is 0.356 e. The SMILES string of the molecule is NCCc1c2n(c3ccc(C(N)=O)cc13)OC(=O)/C=C\C(=O)O2. The van der Waals surface area contributed by atoms with E-state index < -0.39 is 17.8 Å². The summed E-state index contributed by atoms with van der Waals surface area (Å²) in [5, 5.41) is 0.573. The van der Waals surface area contributed by atoms with Crippen LogP contribution < -0.4 is 21.0 Å². The Balaban J connectivity index is 2.30. The minimum atomic E-state index is -0.724. The lowest BCUT2D eigenvalue weighted by Crippen LogP contribution is -2.23. The molecular weight excluding hydrogens is 302 g/mol. The topological polar surface area (TPSA) is 127 Å². The van der Waals surface area contributed by atoms with Gasteiger partial charge in [0.25, 0.3) is 0 Å². The lowest BCUT2D eigenvalue weighted by molar-refractivity contribution is -0.142. The maximum atomic E-state index is 11.7. The summed E-state index contributed by atoms with van der Waals surface area (Å²) in [6, 6.07) is 4.61. The van der Waals surface area contributed by atoms with E-state index in [1.54, 1.807) is 12.1 Å². The molecule has 3 rings (SSSR count). The second-order valence-corrected chi connectivity index (χ2v) is 4.88. The third-order valence-electron chi connectivity index (χ3n) is 3.40. The van der Waals surface area contributed by atoms with Crippen molar-refractivity contribution in [2.24, 2.45) is 11.5 Å². The minimum Gasteiger partial charge on any atom is -0.403 e. The van der Waals surface area contributed by atoms with Crippen LogP contribution in [0.5, 0.6) is 5.88 Å². The molecule has 1 aliphatic heterocycles. The van der Waals surface area contributed by atoms with Crippen molar-refractivity contribution < 1.29 is 24.0 Å². The molecule has 0 saturated heterocycles. The van der Waals surface area contributed by atoms with Crippen molar-refractivity contribution in [3.8, 4) is 5.88 Å². The molecule has 0 saturated carbocycles. The summed E-state index contributed by atoms with van der Waals surface area (Å²) in [5.74, 6) is -1.97. The van der Waals surface area contributed by atoms with Gasteiger partial charge in [0.1, 0.15) is 0 Å². The maximum absolute atomic E-state index is 11.7. The Morgan fingerprint density at radius 2 is 1.91 bits per heavy atom. The first-order chi connectivity index (χ1) is 11.0. The second kappa shape index (κ2) is 5.58. The number of aromatic nitrogens is 1. The molecule has 0 aliphatic carbocycles. The monoisotopic (exact) mass is 315 g/mol. The Bertz CT molecular complexity index is 866. The standard InChI is InChI=1S/C15H13N3O5/c16-6-5-9-10-7-8(14(17)21)1-2-11(10)18-15(9)22-12(19)3-4-13(20)23-18/h1-4,7H,5-6,16H2,(H2,17,21)/b4-3-. The molecule has 23 heavy (non-hydrogen) atoms. The summed E-state index contributed by atoms with van der Waals surface area (Å²) in [6.07, 6.45) is 2.30. The summed E-state index contributed by atoms with van der Waals surface area (Å²) in [4.78, 5) is 40.0. The summed E-state index contributed by atoms with van der Waals surface area (Å²) in [7, 11) is 0. The van der Waals surface area contributed by atoms with Gasteiger partial charge in [-0.25, -0.2) is 9.59 Å². The van der Waals surface area contributed by atoms with Gasteiger partial charge in [0.15, 0.2) is 0 Å². The summed E-state index contributed by atoms with van der Waals surface area (Å²) < 4.78 is 6.36. The Morgan fingerprint density at radius 3 is 2.61 bits per heavy atom. The van der Waals surface area contributed by atoms with Crippen LogP contribution in [-0.4, -0.2) is 29.1 Å². The Morgan fingerprint density at radius 1 is 1.17 bits per heavy atom. The van der Waals surface area contributed by atoms with E-state index >= 15 is 0 Å². The summed E-state index contributed by atoms with van der Waals surface area (Å²) in [6.45, 7) is 0.272. The molecule has 0 unspecified atom stereocenters. The van der Waals surface area contributed by atoms with Gasteiger partial charge in [-0.15, -0.1) is 4.73 Å². The molecule has 1 aromatic carbocycles. The van der Waals surface area contributed by atoms with E-state index in [4.69, 9.17) is 21.0 Å². The molecule has 1 aliphatic rings. The quantitative estimate of drug-likeness (QED) is 0.747. The Kier molecular flexibility index (Phi) is 3.59. The van der Waals surface area contributed by atoms with Crippen LogP contribution in [-0.2, 0) is 16.0 Å². The molecular formula is C15H13N3O5. The molecule has 0 spiro atoms. The normalized spacial score (nSPS) is 15.3. The fourth-order valence-corrected chi connectivity index (χ4v) is 2.42. The molecule has 0 radical (unpaired) electrons. The van der Waals surface area contributed by atoms with Crippen molar-refractivity contribution in [2.75, 3.05) is 6.54 Å². The van der Waals surface area contributed by atoms with E-state index in [-0.39, 0.29) is 18.0 Å². The number of nitrogens with two attached hydrogens (primary N) is 2. The van der Waals surface area contributed by atoms with E-state index in [2.05, 4.69) is 0 Å². The van der Waals surface area contributed by atoms with Crippen LogP contribution in [0.2, 0.25) is 0 Å². The van der Waals surface area contributed by atoms with Crippen molar-refractivity contribution in [1.82, 2.24) is 4.73 Å². The third kappa shape index (κ3) is 2.55. The number of nitrogens with zero attached hydrogens (tertiary/aromatic N) is 1. The van der Waals surface area contributed by atoms with Crippen LogP contribution in [0.3, 0.4) is 0 Å². The highest BCUT2D eigenvalue weighted by molar-refractivity contribution is 6.00. The first-order valence-electron chi connectivity index (χ1n) is 6.80. The number of hydrogen-bond donors (Lipinski definition) is 2. The maximum Gasteiger partial charge on any atom is 0.356 e. The predicted molar refractivity (Wildman–Crippen MR) is 79.6 cm³/mol. The van der Waals surface area contributed by atoms with Crippen molar-refractivity contribution in [2.45, 2.75) is 6.42 Å². The van der Waals surface area contributed by atoms with Gasteiger partial charge in [-0.1, -0.05) is 0 Å². The van der Waals surface area contributed by atoms with Crippen LogP contribution in [0, 0.1) is 0 Å². The number of amides is 1. The van der Waals surface area contributed by atoms with Gasteiger partial charge in [0.05, 0.1) is 5.52 Å². The van der Waals surface area contributed by atoms with Gasteiger partial charge >= 0.3 is 11.9 Å². The Labute approximate surface area is 130 Å². The molecule has 0 fully saturated rings. The third-order valence-corrected chi connectivity index (χ3v) is 3.40. The van der Waals surface area contributed by atoms with Gasteiger partial charge in [0.2, 0.25) is 11.8 Å². The predicted octanol–water partition coefficient (Wildman–Crippen LogP) is -0.328. The fraction of sp³-hybridized carbons (Fsp3) is 0.133. The van der Waals surface area contributed by atoms with Gasteiger partial charge in [-0.3, -0.25) is 4.79 Å². The molecule has 8 heteroatoms. The number of fused-ring (bicyclic) bond motifs is 3. The van der Waals surface area contributed by atoms with Crippen LogP contribution >= 0.6 is 0 Å². The van der Waals surface area contributed by atoms with Gasteiger partial charge < -0.3 is 21.0 Å². The molecule has 1 amide bonds. The highest BCUT2D eigenvalue weighted by atomic mass is 16.7. The van der Waals surface area contributed by atoms with Crippen LogP contribution in [0.4, 0.5) is 0 Å². The van der Waals surface area contributed by atoms with E-state index in [1.807, 2.05) is 0 Å². The zero-order valence-electron chi connectivity index (χ0n) is 11.9. The highest BCUT2D eigenvalue weighted by Gasteiger charge is 2.24. The molecule has 8 nitrogen and oxygen atoms in total. The summed E-state index contributed by atoms with van der Waals surface area (Å²) >= 11 is 0. The van der Waals surface area contributed by atoms with Gasteiger partial charge in [0, 0.05) is 28.7 Å². The zero-order valence-corrected chi connectivity index (χ0v) is 11.9. The van der Waals surface area contributed by atoms with Crippen LogP contribution in [0.15, 0.2) is 30.4 Å². The molecule has 0 atom stereocenters. The zero-order chi connectivity index (χ0) is 16.6. The lowest BCUT2D eigenvalue weighted by atomic mass is 10.1. The number of esters is 1. The van der Waals surface area contributed by atoms with Gasteiger partial charge in [-0.05, 0) is 31.2 Å². The number of rotatable bonds is 3. The average Bonchev–Trinajstić information content (AvgIpc) is 2.77.